The third-order valence-electron chi connectivity index (χ3n) is 8.54. The SMILES string of the molecule is CC(NC1CCCC[C@@H]1Cc1ccc2c(c1)CN(C1CCC(=O)NC1=O)C2=O)C1(C)CC1. The third kappa shape index (κ3) is 4.09. The Kier molecular flexibility index (Phi) is 5.60. The van der Waals surface area contributed by atoms with Gasteiger partial charge in [0, 0.05) is 30.6 Å². The molecule has 0 spiro atoms. The number of carbonyl (C=O) groups is 3. The summed E-state index contributed by atoms with van der Waals surface area (Å²) in [5.74, 6) is -0.0738. The Balaban J connectivity index is 1.27. The lowest BCUT2D eigenvalue weighted by molar-refractivity contribution is -0.136. The zero-order valence-electron chi connectivity index (χ0n) is 19.3. The first-order valence-electron chi connectivity index (χ1n) is 12.4. The van der Waals surface area contributed by atoms with Crippen LogP contribution < -0.4 is 10.6 Å². The normalized spacial score (nSPS) is 30.1. The summed E-state index contributed by atoms with van der Waals surface area (Å²) in [7, 11) is 0. The molecular formula is C26H35N3O3. The standard InChI is InChI=1S/C26H35N3O3/c1-16(26(2)11-12-26)27-21-6-4-3-5-18(21)13-17-7-8-20-19(14-17)15-29(25(20)32)22-9-10-23(30)28-24(22)31/h7-8,14,16,18,21-22,27H,3-6,9-13,15H2,1-2H3,(H,28,30,31)/t16?,18-,21?,22?/m1/s1. The van der Waals surface area contributed by atoms with E-state index in [2.05, 4.69) is 36.6 Å². The maximum atomic E-state index is 12.9. The van der Waals surface area contributed by atoms with Crippen molar-refractivity contribution < 1.29 is 14.4 Å². The van der Waals surface area contributed by atoms with Crippen LogP contribution in [0.1, 0.15) is 86.7 Å². The first kappa shape index (κ1) is 21.6. The van der Waals surface area contributed by atoms with Crippen LogP contribution in [0.3, 0.4) is 0 Å². The molecule has 2 N–H and O–H groups in total. The van der Waals surface area contributed by atoms with Gasteiger partial charge in [0.15, 0.2) is 0 Å². The molecule has 3 fully saturated rings. The summed E-state index contributed by atoms with van der Waals surface area (Å²) in [6, 6.07) is 6.79. The number of hydrogen-bond acceptors (Lipinski definition) is 4. The summed E-state index contributed by atoms with van der Waals surface area (Å²) in [6.07, 6.45) is 9.48. The number of piperidine rings is 1. The number of nitrogens with zero attached hydrogens (tertiary/aromatic N) is 1. The van der Waals surface area contributed by atoms with E-state index in [1.54, 1.807) is 4.90 Å². The van der Waals surface area contributed by atoms with Gasteiger partial charge in [-0.2, -0.15) is 0 Å². The predicted octanol–water partition coefficient (Wildman–Crippen LogP) is 3.33. The minimum absolute atomic E-state index is 0.0928. The van der Waals surface area contributed by atoms with Crippen LogP contribution in [-0.2, 0) is 22.6 Å². The molecule has 3 unspecified atom stereocenters. The quantitative estimate of drug-likeness (QED) is 0.669. The summed E-state index contributed by atoms with van der Waals surface area (Å²) < 4.78 is 0. The van der Waals surface area contributed by atoms with E-state index in [0.717, 1.165) is 12.0 Å². The van der Waals surface area contributed by atoms with Gasteiger partial charge in [-0.1, -0.05) is 31.9 Å². The number of fused-ring (bicyclic) bond motifs is 1. The Morgan fingerprint density at radius 1 is 1.16 bits per heavy atom. The van der Waals surface area contributed by atoms with Gasteiger partial charge in [0.2, 0.25) is 11.8 Å². The van der Waals surface area contributed by atoms with Crippen LogP contribution in [-0.4, -0.2) is 40.7 Å². The number of carbonyl (C=O) groups excluding carboxylic acids is 3. The van der Waals surface area contributed by atoms with E-state index in [-0.39, 0.29) is 24.1 Å². The smallest absolute Gasteiger partial charge is 0.255 e. The average molecular weight is 438 g/mol. The topological polar surface area (TPSA) is 78.5 Å². The number of rotatable bonds is 6. The first-order chi connectivity index (χ1) is 15.3. The summed E-state index contributed by atoms with van der Waals surface area (Å²) in [5.41, 5.74) is 3.48. The molecular weight excluding hydrogens is 402 g/mol. The lowest BCUT2D eigenvalue weighted by Crippen LogP contribution is -2.52. The van der Waals surface area contributed by atoms with E-state index >= 15 is 0 Å². The molecule has 4 atom stereocenters. The van der Waals surface area contributed by atoms with Crippen LogP contribution in [0.25, 0.3) is 0 Å². The minimum Gasteiger partial charge on any atom is -0.322 e. The molecule has 2 aliphatic carbocycles. The van der Waals surface area contributed by atoms with Crippen LogP contribution in [0, 0.1) is 11.3 Å². The molecule has 2 saturated carbocycles. The van der Waals surface area contributed by atoms with Gasteiger partial charge in [-0.05, 0) is 74.0 Å². The second-order valence-electron chi connectivity index (χ2n) is 10.8. The van der Waals surface area contributed by atoms with Crippen LogP contribution >= 0.6 is 0 Å². The van der Waals surface area contributed by atoms with Gasteiger partial charge in [-0.25, -0.2) is 0 Å². The third-order valence-corrected chi connectivity index (χ3v) is 8.54. The van der Waals surface area contributed by atoms with E-state index in [0.29, 0.717) is 41.9 Å². The van der Waals surface area contributed by atoms with Gasteiger partial charge >= 0.3 is 0 Å². The van der Waals surface area contributed by atoms with Crippen molar-refractivity contribution in [1.29, 1.82) is 0 Å². The highest BCUT2D eigenvalue weighted by molar-refractivity contribution is 6.05. The fourth-order valence-electron chi connectivity index (χ4n) is 5.88. The molecule has 0 aromatic heterocycles. The predicted molar refractivity (Wildman–Crippen MR) is 122 cm³/mol. The summed E-state index contributed by atoms with van der Waals surface area (Å²) in [6.45, 7) is 5.20. The Morgan fingerprint density at radius 2 is 1.94 bits per heavy atom. The van der Waals surface area contributed by atoms with Gasteiger partial charge in [0.1, 0.15) is 6.04 Å². The van der Waals surface area contributed by atoms with Crippen molar-refractivity contribution >= 4 is 17.7 Å². The van der Waals surface area contributed by atoms with Crippen molar-refractivity contribution in [2.24, 2.45) is 11.3 Å². The second-order valence-corrected chi connectivity index (χ2v) is 10.8. The highest BCUT2D eigenvalue weighted by Crippen LogP contribution is 2.48. The van der Waals surface area contributed by atoms with Gasteiger partial charge in [0.25, 0.3) is 5.91 Å². The van der Waals surface area contributed by atoms with E-state index in [1.165, 1.54) is 44.1 Å². The van der Waals surface area contributed by atoms with E-state index in [1.807, 2.05) is 6.07 Å². The van der Waals surface area contributed by atoms with Crippen LogP contribution in [0.4, 0.5) is 0 Å². The number of hydrogen-bond donors (Lipinski definition) is 2. The Morgan fingerprint density at radius 3 is 2.69 bits per heavy atom. The minimum atomic E-state index is -0.548. The van der Waals surface area contributed by atoms with Crippen LogP contribution in [0.5, 0.6) is 0 Å². The van der Waals surface area contributed by atoms with Gasteiger partial charge in [-0.3, -0.25) is 19.7 Å². The van der Waals surface area contributed by atoms with E-state index in [9.17, 15) is 14.4 Å². The first-order valence-corrected chi connectivity index (χ1v) is 12.4. The molecule has 6 nitrogen and oxygen atoms in total. The fourth-order valence-corrected chi connectivity index (χ4v) is 5.88. The largest absolute Gasteiger partial charge is 0.322 e. The van der Waals surface area contributed by atoms with Gasteiger partial charge < -0.3 is 10.2 Å². The zero-order chi connectivity index (χ0) is 22.5. The molecule has 1 aromatic carbocycles. The Bertz CT molecular complexity index is 938. The lowest BCUT2D eigenvalue weighted by Gasteiger charge is -2.36. The highest BCUT2D eigenvalue weighted by Gasteiger charge is 2.44. The lowest BCUT2D eigenvalue weighted by atomic mass is 9.79. The zero-order valence-corrected chi connectivity index (χ0v) is 19.3. The van der Waals surface area contributed by atoms with Crippen molar-refractivity contribution in [3.8, 4) is 0 Å². The van der Waals surface area contributed by atoms with E-state index in [4.69, 9.17) is 0 Å². The molecule has 1 saturated heterocycles. The van der Waals surface area contributed by atoms with Crippen LogP contribution in [0.15, 0.2) is 18.2 Å². The molecule has 2 aliphatic heterocycles. The fraction of sp³-hybridized carbons (Fsp3) is 0.654. The molecule has 0 bridgehead atoms. The van der Waals surface area contributed by atoms with Gasteiger partial charge in [-0.15, -0.1) is 0 Å². The van der Waals surface area contributed by atoms with Crippen molar-refractivity contribution in [1.82, 2.24) is 15.5 Å². The second kappa shape index (κ2) is 8.29. The number of benzene rings is 1. The summed E-state index contributed by atoms with van der Waals surface area (Å²) >= 11 is 0. The molecule has 1 aromatic rings. The molecule has 5 rings (SSSR count). The van der Waals surface area contributed by atoms with Crippen LogP contribution in [0.2, 0.25) is 0 Å². The molecule has 2 heterocycles. The molecule has 6 heteroatoms. The molecule has 172 valence electrons. The van der Waals surface area contributed by atoms with Crippen molar-refractivity contribution in [2.45, 2.75) is 96.3 Å². The average Bonchev–Trinajstić information content (AvgIpc) is 3.44. The molecule has 0 radical (unpaired) electrons. The summed E-state index contributed by atoms with van der Waals surface area (Å²) in [5, 5.41) is 6.35. The number of nitrogens with one attached hydrogen (secondary N) is 2. The monoisotopic (exact) mass is 437 g/mol. The van der Waals surface area contributed by atoms with E-state index < -0.39 is 6.04 Å². The Hall–Kier alpha value is -2.21. The number of imide groups is 1. The molecule has 3 amide bonds. The highest BCUT2D eigenvalue weighted by atomic mass is 16.2. The maximum Gasteiger partial charge on any atom is 0.255 e. The Labute approximate surface area is 190 Å². The number of amides is 3. The van der Waals surface area contributed by atoms with Gasteiger partial charge in [0.05, 0.1) is 0 Å². The summed E-state index contributed by atoms with van der Waals surface area (Å²) in [4.78, 5) is 38.3. The molecule has 4 aliphatic rings. The van der Waals surface area contributed by atoms with Crippen molar-refractivity contribution in [3.05, 3.63) is 34.9 Å². The van der Waals surface area contributed by atoms with Crippen molar-refractivity contribution in [2.75, 3.05) is 0 Å². The maximum absolute atomic E-state index is 12.9. The van der Waals surface area contributed by atoms with Crippen molar-refractivity contribution in [3.63, 3.8) is 0 Å². The molecule has 32 heavy (non-hydrogen) atoms.